The van der Waals surface area contributed by atoms with Gasteiger partial charge in [0, 0.05) is 24.4 Å². The van der Waals surface area contributed by atoms with Gasteiger partial charge in [0.1, 0.15) is 11.5 Å². The zero-order valence-electron chi connectivity index (χ0n) is 13.7. The lowest BCUT2D eigenvalue weighted by Crippen LogP contribution is -2.29. The number of fused-ring (bicyclic) bond motifs is 1. The largest absolute Gasteiger partial charge is 0.497 e. The maximum atomic E-state index is 12.1. The van der Waals surface area contributed by atoms with Gasteiger partial charge in [-0.05, 0) is 12.1 Å². The molecule has 1 aromatic carbocycles. The molecule has 25 heavy (non-hydrogen) atoms. The van der Waals surface area contributed by atoms with E-state index in [-0.39, 0.29) is 12.1 Å². The predicted octanol–water partition coefficient (Wildman–Crippen LogP) is 1.36. The van der Waals surface area contributed by atoms with E-state index < -0.39 is 6.03 Å². The van der Waals surface area contributed by atoms with Crippen LogP contribution in [0, 0.1) is 0 Å². The molecule has 0 bridgehead atoms. The molecule has 0 aliphatic rings. The molecule has 0 saturated carbocycles. The Bertz CT molecular complexity index is 963. The van der Waals surface area contributed by atoms with Gasteiger partial charge in [0.2, 0.25) is 0 Å². The molecule has 130 valence electrons. The summed E-state index contributed by atoms with van der Waals surface area (Å²) < 4.78 is 11.6. The van der Waals surface area contributed by atoms with Crippen LogP contribution in [-0.2, 0) is 6.54 Å². The standard InChI is InChI=1S/C16H17N5O4/c1-24-11-3-4-12(13(8-11)25-2)20-16(23)17-9-10-7-15(22)21-14(19-10)5-6-18-21/h3-8,18H,9H2,1-2H3,(H2,17,20,23). The normalized spacial score (nSPS) is 10.5. The number of carbonyl (C=O) groups is 1. The topological polar surface area (TPSA) is 110 Å². The van der Waals surface area contributed by atoms with Crippen LogP contribution in [0.5, 0.6) is 11.5 Å². The van der Waals surface area contributed by atoms with Crippen molar-refractivity contribution < 1.29 is 14.3 Å². The van der Waals surface area contributed by atoms with Crippen molar-refractivity contribution in [2.45, 2.75) is 6.54 Å². The number of hydrogen-bond donors (Lipinski definition) is 3. The number of hydrogen-bond acceptors (Lipinski definition) is 5. The highest BCUT2D eigenvalue weighted by Crippen LogP contribution is 2.28. The average molecular weight is 343 g/mol. The Morgan fingerprint density at radius 2 is 2.08 bits per heavy atom. The van der Waals surface area contributed by atoms with Gasteiger partial charge in [-0.1, -0.05) is 0 Å². The van der Waals surface area contributed by atoms with Crippen LogP contribution in [0.25, 0.3) is 5.65 Å². The summed E-state index contributed by atoms with van der Waals surface area (Å²) >= 11 is 0. The predicted molar refractivity (Wildman–Crippen MR) is 91.2 cm³/mol. The molecule has 0 saturated heterocycles. The van der Waals surface area contributed by atoms with Crippen molar-refractivity contribution in [1.29, 1.82) is 0 Å². The zero-order chi connectivity index (χ0) is 17.8. The van der Waals surface area contributed by atoms with E-state index in [2.05, 4.69) is 20.7 Å². The van der Waals surface area contributed by atoms with E-state index in [0.29, 0.717) is 28.5 Å². The van der Waals surface area contributed by atoms with Crippen molar-refractivity contribution in [1.82, 2.24) is 19.9 Å². The highest BCUT2D eigenvalue weighted by atomic mass is 16.5. The van der Waals surface area contributed by atoms with E-state index in [1.165, 1.54) is 17.7 Å². The lowest BCUT2D eigenvalue weighted by atomic mass is 10.2. The van der Waals surface area contributed by atoms with Gasteiger partial charge in [0.25, 0.3) is 5.56 Å². The van der Waals surface area contributed by atoms with Crippen LogP contribution in [0.4, 0.5) is 10.5 Å². The zero-order valence-corrected chi connectivity index (χ0v) is 13.7. The van der Waals surface area contributed by atoms with Crippen LogP contribution in [0.1, 0.15) is 5.69 Å². The molecule has 0 atom stereocenters. The second-order valence-electron chi connectivity index (χ2n) is 5.12. The third-order valence-corrected chi connectivity index (χ3v) is 3.52. The Hall–Kier alpha value is -3.49. The molecule has 0 spiro atoms. The van der Waals surface area contributed by atoms with Gasteiger partial charge in [0.15, 0.2) is 5.65 Å². The van der Waals surface area contributed by atoms with E-state index in [4.69, 9.17) is 9.47 Å². The number of urea groups is 1. The highest BCUT2D eigenvalue weighted by molar-refractivity contribution is 5.91. The number of H-pyrrole nitrogens is 1. The number of nitrogens with zero attached hydrogens (tertiary/aromatic N) is 2. The van der Waals surface area contributed by atoms with Crippen molar-refractivity contribution in [2.75, 3.05) is 19.5 Å². The average Bonchev–Trinajstić information content (AvgIpc) is 3.09. The molecule has 3 aromatic rings. The Balaban J connectivity index is 1.67. The van der Waals surface area contributed by atoms with Crippen LogP contribution in [-0.4, -0.2) is 34.8 Å². The van der Waals surface area contributed by atoms with Gasteiger partial charge in [-0.3, -0.25) is 9.89 Å². The van der Waals surface area contributed by atoms with Crippen LogP contribution >= 0.6 is 0 Å². The van der Waals surface area contributed by atoms with E-state index in [9.17, 15) is 9.59 Å². The first-order valence-electron chi connectivity index (χ1n) is 7.43. The lowest BCUT2D eigenvalue weighted by molar-refractivity contribution is 0.251. The molecule has 2 amide bonds. The van der Waals surface area contributed by atoms with Crippen molar-refractivity contribution in [2.24, 2.45) is 0 Å². The summed E-state index contributed by atoms with van der Waals surface area (Å²) in [5.74, 6) is 1.09. The first-order valence-corrected chi connectivity index (χ1v) is 7.43. The van der Waals surface area contributed by atoms with E-state index in [0.717, 1.165) is 0 Å². The third kappa shape index (κ3) is 3.55. The van der Waals surface area contributed by atoms with E-state index >= 15 is 0 Å². The molecule has 2 heterocycles. The SMILES string of the molecule is COc1ccc(NC(=O)NCc2cc(=O)n3[nH]ccc3n2)c(OC)c1. The Labute approximate surface area is 142 Å². The fourth-order valence-corrected chi connectivity index (χ4v) is 2.31. The molecule has 3 N–H and O–H groups in total. The third-order valence-electron chi connectivity index (χ3n) is 3.52. The molecule has 0 unspecified atom stereocenters. The number of aromatic nitrogens is 3. The van der Waals surface area contributed by atoms with Crippen LogP contribution in [0.3, 0.4) is 0 Å². The number of anilines is 1. The van der Waals surface area contributed by atoms with Crippen LogP contribution < -0.4 is 25.7 Å². The highest BCUT2D eigenvalue weighted by Gasteiger charge is 2.10. The van der Waals surface area contributed by atoms with E-state index in [1.807, 2.05) is 0 Å². The smallest absolute Gasteiger partial charge is 0.319 e. The number of carbonyl (C=O) groups excluding carboxylic acids is 1. The fourth-order valence-electron chi connectivity index (χ4n) is 2.31. The van der Waals surface area contributed by atoms with Crippen molar-refractivity contribution in [3.05, 3.63) is 52.6 Å². The minimum atomic E-state index is -0.445. The van der Waals surface area contributed by atoms with Gasteiger partial charge in [0.05, 0.1) is 32.1 Å². The Kier molecular flexibility index (Phi) is 4.55. The number of aromatic amines is 1. The first-order chi connectivity index (χ1) is 12.1. The summed E-state index contributed by atoms with van der Waals surface area (Å²) in [6.07, 6.45) is 1.61. The van der Waals surface area contributed by atoms with Gasteiger partial charge >= 0.3 is 6.03 Å². The number of ether oxygens (including phenoxy) is 2. The quantitative estimate of drug-likeness (QED) is 0.648. The van der Waals surface area contributed by atoms with Crippen molar-refractivity contribution in [3.63, 3.8) is 0 Å². The molecule has 9 heteroatoms. The number of amides is 2. The summed E-state index contributed by atoms with van der Waals surface area (Å²) in [6.45, 7) is 0.112. The molecule has 3 rings (SSSR count). The first kappa shape index (κ1) is 16.4. The summed E-state index contributed by atoms with van der Waals surface area (Å²) in [6, 6.07) is 7.64. The molecule has 9 nitrogen and oxygen atoms in total. The second-order valence-corrected chi connectivity index (χ2v) is 5.12. The minimum Gasteiger partial charge on any atom is -0.497 e. The van der Waals surface area contributed by atoms with Gasteiger partial charge < -0.3 is 20.1 Å². The second kappa shape index (κ2) is 6.95. The monoisotopic (exact) mass is 343 g/mol. The molecule has 0 fully saturated rings. The number of nitrogens with one attached hydrogen (secondary N) is 3. The molecular weight excluding hydrogens is 326 g/mol. The maximum absolute atomic E-state index is 12.1. The molecule has 0 radical (unpaired) electrons. The summed E-state index contributed by atoms with van der Waals surface area (Å²) in [7, 11) is 3.05. The van der Waals surface area contributed by atoms with Crippen LogP contribution in [0.2, 0.25) is 0 Å². The van der Waals surface area contributed by atoms with Gasteiger partial charge in [-0.15, -0.1) is 0 Å². The number of rotatable bonds is 5. The lowest BCUT2D eigenvalue weighted by Gasteiger charge is -2.12. The number of benzene rings is 1. The Morgan fingerprint density at radius 1 is 1.24 bits per heavy atom. The van der Waals surface area contributed by atoms with Crippen molar-refractivity contribution in [3.8, 4) is 11.5 Å². The maximum Gasteiger partial charge on any atom is 0.319 e. The fraction of sp³-hybridized carbons (Fsp3) is 0.188. The summed E-state index contributed by atoms with van der Waals surface area (Å²) in [5.41, 5.74) is 1.20. The number of methoxy groups -OCH3 is 2. The van der Waals surface area contributed by atoms with E-state index in [1.54, 1.807) is 37.6 Å². The molecular formula is C16H17N5O4. The summed E-state index contributed by atoms with van der Waals surface area (Å²) in [4.78, 5) is 28.2. The summed E-state index contributed by atoms with van der Waals surface area (Å²) in [5, 5.41) is 8.09. The molecule has 2 aromatic heterocycles. The Morgan fingerprint density at radius 3 is 2.84 bits per heavy atom. The van der Waals surface area contributed by atoms with Gasteiger partial charge in [-0.25, -0.2) is 14.3 Å². The van der Waals surface area contributed by atoms with Crippen molar-refractivity contribution >= 4 is 17.4 Å². The van der Waals surface area contributed by atoms with Gasteiger partial charge in [-0.2, -0.15) is 0 Å². The molecule has 0 aliphatic heterocycles. The minimum absolute atomic E-state index is 0.112. The van der Waals surface area contributed by atoms with Crippen LogP contribution in [0.15, 0.2) is 41.3 Å². The molecule has 0 aliphatic carbocycles.